The number of unbranched alkanes of at least 4 members (excludes halogenated alkanes) is 26. The number of hydrogen-bond acceptors (Lipinski definition) is 6. The number of hydrogen-bond donors (Lipinski definition) is 0. The zero-order chi connectivity index (χ0) is 43.0. The lowest BCUT2D eigenvalue weighted by Crippen LogP contribution is -2.30. The minimum Gasteiger partial charge on any atom is -0.462 e. The summed E-state index contributed by atoms with van der Waals surface area (Å²) in [7, 11) is 0. The summed E-state index contributed by atoms with van der Waals surface area (Å²) in [5.74, 6) is -0.940. The molecule has 59 heavy (non-hydrogen) atoms. The molecular formula is C53H94O6. The molecule has 0 fully saturated rings. The number of carbonyl (C=O) groups is 3. The topological polar surface area (TPSA) is 78.9 Å². The molecule has 0 aromatic rings. The van der Waals surface area contributed by atoms with Gasteiger partial charge in [0.1, 0.15) is 13.2 Å². The van der Waals surface area contributed by atoms with Gasteiger partial charge in [-0.3, -0.25) is 14.4 Å². The van der Waals surface area contributed by atoms with Crippen molar-refractivity contribution in [3.63, 3.8) is 0 Å². The molecular weight excluding hydrogens is 733 g/mol. The van der Waals surface area contributed by atoms with E-state index in [1.807, 2.05) is 0 Å². The first-order valence-corrected chi connectivity index (χ1v) is 25.1. The van der Waals surface area contributed by atoms with E-state index >= 15 is 0 Å². The smallest absolute Gasteiger partial charge is 0.306 e. The van der Waals surface area contributed by atoms with Crippen molar-refractivity contribution in [2.75, 3.05) is 13.2 Å². The summed E-state index contributed by atoms with van der Waals surface area (Å²) in [6.07, 6.45) is 56.7. The van der Waals surface area contributed by atoms with Crippen LogP contribution in [-0.2, 0) is 28.6 Å². The Morgan fingerprint density at radius 1 is 0.339 bits per heavy atom. The summed E-state index contributed by atoms with van der Waals surface area (Å²) in [5, 5.41) is 0. The zero-order valence-corrected chi connectivity index (χ0v) is 39.0. The van der Waals surface area contributed by atoms with E-state index in [1.54, 1.807) is 0 Å². The van der Waals surface area contributed by atoms with Gasteiger partial charge < -0.3 is 14.2 Å². The minimum atomic E-state index is -0.789. The Morgan fingerprint density at radius 3 is 1.02 bits per heavy atom. The highest BCUT2D eigenvalue weighted by Gasteiger charge is 2.19. The lowest BCUT2D eigenvalue weighted by atomic mass is 10.0. The molecule has 0 aliphatic rings. The van der Waals surface area contributed by atoms with Crippen LogP contribution in [-0.4, -0.2) is 37.2 Å². The Bertz CT molecular complexity index is 1040. The van der Waals surface area contributed by atoms with Crippen molar-refractivity contribution >= 4 is 17.9 Å². The van der Waals surface area contributed by atoms with Gasteiger partial charge in [-0.1, -0.05) is 223 Å². The summed E-state index contributed by atoms with van der Waals surface area (Å²) in [6.45, 7) is 6.56. The molecule has 0 aromatic carbocycles. The molecule has 6 heteroatoms. The van der Waals surface area contributed by atoms with Gasteiger partial charge in [0, 0.05) is 19.3 Å². The highest BCUT2D eigenvalue weighted by Crippen LogP contribution is 2.15. The van der Waals surface area contributed by atoms with E-state index in [-0.39, 0.29) is 37.5 Å². The average Bonchev–Trinajstić information content (AvgIpc) is 3.23. The van der Waals surface area contributed by atoms with Gasteiger partial charge in [0.05, 0.1) is 0 Å². The van der Waals surface area contributed by atoms with Crippen molar-refractivity contribution in [2.45, 2.75) is 258 Å². The molecule has 0 rings (SSSR count). The second-order valence-corrected chi connectivity index (χ2v) is 16.7. The van der Waals surface area contributed by atoms with Crippen LogP contribution in [0.3, 0.4) is 0 Å². The number of ether oxygens (including phenoxy) is 3. The van der Waals surface area contributed by atoms with E-state index in [2.05, 4.69) is 69.4 Å². The summed E-state index contributed by atoms with van der Waals surface area (Å²) in [5.41, 5.74) is 0. The van der Waals surface area contributed by atoms with Crippen molar-refractivity contribution in [1.29, 1.82) is 0 Å². The Hall–Kier alpha value is -2.63. The number of allylic oxidation sites excluding steroid dienone is 8. The molecule has 0 bridgehead atoms. The normalized spacial score (nSPS) is 12.4. The van der Waals surface area contributed by atoms with Crippen LogP contribution in [0.1, 0.15) is 252 Å². The molecule has 1 atom stereocenters. The van der Waals surface area contributed by atoms with Gasteiger partial charge in [-0.25, -0.2) is 0 Å². The van der Waals surface area contributed by atoms with Gasteiger partial charge in [0.15, 0.2) is 6.10 Å². The van der Waals surface area contributed by atoms with E-state index in [0.717, 1.165) is 64.2 Å². The molecule has 0 saturated carbocycles. The molecule has 0 aliphatic carbocycles. The second kappa shape index (κ2) is 48.0. The predicted molar refractivity (Wildman–Crippen MR) is 252 cm³/mol. The molecule has 0 aliphatic heterocycles. The highest BCUT2D eigenvalue weighted by molar-refractivity contribution is 5.71. The maximum atomic E-state index is 12.8. The maximum absolute atomic E-state index is 12.8. The Morgan fingerprint density at radius 2 is 0.627 bits per heavy atom. The lowest BCUT2D eigenvalue weighted by Gasteiger charge is -2.18. The molecule has 0 spiro atoms. The van der Waals surface area contributed by atoms with Gasteiger partial charge in [0.25, 0.3) is 0 Å². The third kappa shape index (κ3) is 46.3. The number of esters is 3. The van der Waals surface area contributed by atoms with Crippen molar-refractivity contribution in [2.24, 2.45) is 0 Å². The summed E-state index contributed by atoms with van der Waals surface area (Å²) < 4.78 is 16.7. The summed E-state index contributed by atoms with van der Waals surface area (Å²) in [4.78, 5) is 37.8. The first kappa shape index (κ1) is 56.4. The minimum absolute atomic E-state index is 0.0867. The highest BCUT2D eigenvalue weighted by atomic mass is 16.6. The van der Waals surface area contributed by atoms with E-state index in [0.29, 0.717) is 19.3 Å². The molecule has 342 valence electrons. The molecule has 0 aromatic heterocycles. The Labute approximate surface area is 365 Å². The molecule has 0 radical (unpaired) electrons. The van der Waals surface area contributed by atoms with E-state index < -0.39 is 6.10 Å². The van der Waals surface area contributed by atoms with Gasteiger partial charge >= 0.3 is 17.9 Å². The third-order valence-electron chi connectivity index (χ3n) is 10.8. The summed E-state index contributed by atoms with van der Waals surface area (Å²) >= 11 is 0. The van der Waals surface area contributed by atoms with Crippen LogP contribution < -0.4 is 0 Å². The fraction of sp³-hybridized carbons (Fsp3) is 0.792. The quantitative estimate of drug-likeness (QED) is 0.0263. The van der Waals surface area contributed by atoms with Crippen molar-refractivity contribution < 1.29 is 28.6 Å². The average molecular weight is 827 g/mol. The first-order chi connectivity index (χ1) is 29.0. The van der Waals surface area contributed by atoms with Crippen LogP contribution in [0, 0.1) is 0 Å². The van der Waals surface area contributed by atoms with E-state index in [4.69, 9.17) is 14.2 Å². The molecule has 1 unspecified atom stereocenters. The molecule has 6 nitrogen and oxygen atoms in total. The number of rotatable bonds is 45. The van der Waals surface area contributed by atoms with Crippen LogP contribution >= 0.6 is 0 Å². The molecule has 0 amide bonds. The van der Waals surface area contributed by atoms with Gasteiger partial charge in [-0.15, -0.1) is 0 Å². The second-order valence-electron chi connectivity index (χ2n) is 16.7. The lowest BCUT2D eigenvalue weighted by molar-refractivity contribution is -0.167. The zero-order valence-electron chi connectivity index (χ0n) is 39.0. The van der Waals surface area contributed by atoms with Crippen molar-refractivity contribution in [3.05, 3.63) is 48.6 Å². The van der Waals surface area contributed by atoms with Crippen LogP contribution in [0.2, 0.25) is 0 Å². The first-order valence-electron chi connectivity index (χ1n) is 25.1. The van der Waals surface area contributed by atoms with E-state index in [1.165, 1.54) is 141 Å². The van der Waals surface area contributed by atoms with Crippen molar-refractivity contribution in [1.82, 2.24) is 0 Å². The van der Waals surface area contributed by atoms with Crippen molar-refractivity contribution in [3.8, 4) is 0 Å². The fourth-order valence-corrected chi connectivity index (χ4v) is 7.02. The fourth-order valence-electron chi connectivity index (χ4n) is 7.02. The van der Waals surface area contributed by atoms with Crippen LogP contribution in [0.4, 0.5) is 0 Å². The largest absolute Gasteiger partial charge is 0.462 e. The van der Waals surface area contributed by atoms with Crippen LogP contribution in [0.5, 0.6) is 0 Å². The predicted octanol–water partition coefficient (Wildman–Crippen LogP) is 16.3. The monoisotopic (exact) mass is 827 g/mol. The summed E-state index contributed by atoms with van der Waals surface area (Å²) in [6, 6.07) is 0. The van der Waals surface area contributed by atoms with Gasteiger partial charge in [-0.05, 0) is 57.8 Å². The SMILES string of the molecule is CCCCC/C=C\C/C=C\C/C=C\C/C=C\CCCC(=O)OCC(COC(=O)CCCCCCCCCCCC)OC(=O)CCCCCCCCCCCCCCCC. The molecule has 0 N–H and O–H groups in total. The molecule has 0 heterocycles. The maximum Gasteiger partial charge on any atom is 0.306 e. The Balaban J connectivity index is 4.42. The molecule has 0 saturated heterocycles. The van der Waals surface area contributed by atoms with E-state index in [9.17, 15) is 14.4 Å². The van der Waals surface area contributed by atoms with Gasteiger partial charge in [0.2, 0.25) is 0 Å². The van der Waals surface area contributed by atoms with Crippen LogP contribution in [0.15, 0.2) is 48.6 Å². The van der Waals surface area contributed by atoms with Gasteiger partial charge in [-0.2, -0.15) is 0 Å². The standard InChI is InChI=1S/C53H94O6/c1-4-7-10-13-16-19-22-24-26-27-28-30-31-34-37-40-43-46-52(55)58-49-50(48-57-51(54)45-42-39-36-33-21-18-15-12-9-6-3)59-53(56)47-44-41-38-35-32-29-25-23-20-17-14-11-8-5-2/h16,19,24,26,28,30,34,37,50H,4-15,17-18,20-23,25,27,29,31-33,35-36,38-49H2,1-3H3/b19-16-,26-24-,30-28-,37-34-. The van der Waals surface area contributed by atoms with Crippen LogP contribution in [0.25, 0.3) is 0 Å². The Kier molecular flexibility index (Phi) is 45.9. The number of carbonyl (C=O) groups excluding carboxylic acids is 3. The third-order valence-corrected chi connectivity index (χ3v) is 10.8.